The fourth-order valence-corrected chi connectivity index (χ4v) is 2.25. The molecule has 0 aliphatic heterocycles. The van der Waals surface area contributed by atoms with Gasteiger partial charge in [0.15, 0.2) is 0 Å². The number of unbranched alkanes of at least 4 members (excludes halogenated alkanes) is 10. The molecule has 0 saturated carbocycles. The second kappa shape index (κ2) is 14.4. The molecule has 20 heavy (non-hydrogen) atoms. The van der Waals surface area contributed by atoms with Crippen molar-refractivity contribution < 1.29 is 4.79 Å². The minimum absolute atomic E-state index is 0.594. The molecule has 0 saturated heterocycles. The molecule has 0 aliphatic rings. The Bertz CT molecular complexity index is 264. The van der Waals surface area contributed by atoms with Gasteiger partial charge in [0.05, 0.1) is 0 Å². The molecule has 0 heterocycles. The molecule has 4 heteroatoms. The summed E-state index contributed by atoms with van der Waals surface area (Å²) in [7, 11) is 0. The number of hydrazone groups is 1. The molecule has 0 aromatic rings. The maximum absolute atomic E-state index is 10.5. The van der Waals surface area contributed by atoms with Crippen LogP contribution in [-0.2, 0) is 0 Å². The molecular formula is C16H33N3O. The number of nitrogens with two attached hydrogens (primary N) is 1. The second-order valence-corrected chi connectivity index (χ2v) is 5.61. The Labute approximate surface area is 124 Å². The van der Waals surface area contributed by atoms with E-state index in [1.807, 2.05) is 6.92 Å². The first-order chi connectivity index (χ1) is 9.66. The van der Waals surface area contributed by atoms with E-state index in [2.05, 4.69) is 17.5 Å². The SMILES string of the molecule is CCCCCCCCCCCCCC(C)=NNC(N)=O. The minimum atomic E-state index is -0.594. The number of nitrogens with one attached hydrogen (secondary N) is 1. The van der Waals surface area contributed by atoms with E-state index >= 15 is 0 Å². The lowest BCUT2D eigenvalue weighted by atomic mass is 10.0. The summed E-state index contributed by atoms with van der Waals surface area (Å²) in [6, 6.07) is -0.594. The average Bonchev–Trinajstić information content (AvgIpc) is 2.42. The van der Waals surface area contributed by atoms with Gasteiger partial charge in [-0.1, -0.05) is 71.1 Å². The van der Waals surface area contributed by atoms with Gasteiger partial charge in [-0.05, 0) is 19.8 Å². The molecule has 0 aliphatic carbocycles. The molecule has 0 unspecified atom stereocenters. The molecule has 2 amide bonds. The van der Waals surface area contributed by atoms with Crippen molar-refractivity contribution >= 4 is 11.7 Å². The van der Waals surface area contributed by atoms with E-state index in [9.17, 15) is 4.79 Å². The molecule has 0 rings (SSSR count). The lowest BCUT2D eigenvalue weighted by Crippen LogP contribution is -2.25. The van der Waals surface area contributed by atoms with Gasteiger partial charge in [-0.3, -0.25) is 0 Å². The number of amides is 2. The maximum atomic E-state index is 10.5. The molecule has 0 spiro atoms. The van der Waals surface area contributed by atoms with Crippen molar-refractivity contribution in [2.24, 2.45) is 10.8 Å². The molecule has 0 atom stereocenters. The van der Waals surface area contributed by atoms with Gasteiger partial charge in [0, 0.05) is 5.71 Å². The standard InChI is InChI=1S/C16H33N3O/c1-3-4-5-6-7-8-9-10-11-12-13-14-15(2)18-19-16(17)20/h3-14H2,1-2H3,(H3,17,19,20). The van der Waals surface area contributed by atoms with Crippen LogP contribution in [-0.4, -0.2) is 11.7 Å². The van der Waals surface area contributed by atoms with E-state index in [-0.39, 0.29) is 0 Å². The van der Waals surface area contributed by atoms with Gasteiger partial charge in [0.25, 0.3) is 0 Å². The molecule has 0 fully saturated rings. The molecule has 3 N–H and O–H groups in total. The summed E-state index contributed by atoms with van der Waals surface area (Å²) in [6.45, 7) is 4.18. The van der Waals surface area contributed by atoms with E-state index < -0.39 is 6.03 Å². The first-order valence-corrected chi connectivity index (χ1v) is 8.25. The predicted octanol–water partition coefficient (Wildman–Crippen LogP) is 4.73. The van der Waals surface area contributed by atoms with Crippen LogP contribution in [0.1, 0.15) is 90.9 Å². The van der Waals surface area contributed by atoms with Crippen molar-refractivity contribution in [2.45, 2.75) is 90.9 Å². The van der Waals surface area contributed by atoms with Crippen molar-refractivity contribution in [3.63, 3.8) is 0 Å². The van der Waals surface area contributed by atoms with Gasteiger partial charge in [0.1, 0.15) is 0 Å². The van der Waals surface area contributed by atoms with Gasteiger partial charge < -0.3 is 5.73 Å². The average molecular weight is 283 g/mol. The highest BCUT2D eigenvalue weighted by molar-refractivity contribution is 5.83. The third-order valence-corrected chi connectivity index (χ3v) is 3.50. The Balaban J connectivity index is 3.20. The zero-order chi connectivity index (χ0) is 15.1. The molecule has 0 aromatic heterocycles. The van der Waals surface area contributed by atoms with Crippen LogP contribution < -0.4 is 11.2 Å². The molecule has 4 nitrogen and oxygen atoms in total. The van der Waals surface area contributed by atoms with E-state index in [0.717, 1.165) is 18.6 Å². The fraction of sp³-hybridized carbons (Fsp3) is 0.875. The number of hydrogen-bond donors (Lipinski definition) is 2. The smallest absolute Gasteiger partial charge is 0.332 e. The van der Waals surface area contributed by atoms with Crippen LogP contribution in [0.4, 0.5) is 4.79 Å². The Kier molecular flexibility index (Phi) is 13.6. The van der Waals surface area contributed by atoms with E-state index in [4.69, 9.17) is 5.73 Å². The highest BCUT2D eigenvalue weighted by atomic mass is 16.2. The lowest BCUT2D eigenvalue weighted by Gasteiger charge is -2.03. The predicted molar refractivity (Wildman–Crippen MR) is 86.9 cm³/mol. The van der Waals surface area contributed by atoms with Crippen LogP contribution >= 0.6 is 0 Å². The van der Waals surface area contributed by atoms with Crippen LogP contribution in [0, 0.1) is 0 Å². The fourth-order valence-electron chi connectivity index (χ4n) is 2.25. The number of carbonyl (C=O) groups excluding carboxylic acids is 1. The Morgan fingerprint density at radius 1 is 0.900 bits per heavy atom. The number of primary amides is 1. The van der Waals surface area contributed by atoms with Crippen molar-refractivity contribution in [2.75, 3.05) is 0 Å². The normalized spacial score (nSPS) is 11.6. The highest BCUT2D eigenvalue weighted by Gasteiger charge is 1.96. The maximum Gasteiger partial charge on any atom is 0.332 e. The number of hydrogen-bond acceptors (Lipinski definition) is 2. The van der Waals surface area contributed by atoms with Crippen LogP contribution in [0.5, 0.6) is 0 Å². The van der Waals surface area contributed by atoms with Crippen molar-refractivity contribution in [3.8, 4) is 0 Å². The summed E-state index contributed by atoms with van der Waals surface area (Å²) in [4.78, 5) is 10.5. The van der Waals surface area contributed by atoms with Crippen molar-refractivity contribution in [1.29, 1.82) is 0 Å². The summed E-state index contributed by atoms with van der Waals surface area (Å²) in [5, 5.41) is 3.90. The van der Waals surface area contributed by atoms with Crippen LogP contribution in [0.25, 0.3) is 0 Å². The number of carbonyl (C=O) groups is 1. The minimum Gasteiger partial charge on any atom is -0.350 e. The van der Waals surface area contributed by atoms with Crippen LogP contribution in [0.3, 0.4) is 0 Å². The number of urea groups is 1. The van der Waals surface area contributed by atoms with Crippen LogP contribution in [0.2, 0.25) is 0 Å². The number of nitrogens with zero attached hydrogens (tertiary/aromatic N) is 1. The van der Waals surface area contributed by atoms with Gasteiger partial charge in [-0.25, -0.2) is 10.2 Å². The van der Waals surface area contributed by atoms with E-state index in [1.54, 1.807) is 0 Å². The van der Waals surface area contributed by atoms with Crippen LogP contribution in [0.15, 0.2) is 5.10 Å². The molecule has 0 bridgehead atoms. The van der Waals surface area contributed by atoms with Gasteiger partial charge in [0.2, 0.25) is 0 Å². The third kappa shape index (κ3) is 15.0. The lowest BCUT2D eigenvalue weighted by molar-refractivity contribution is 0.249. The van der Waals surface area contributed by atoms with Crippen molar-refractivity contribution in [3.05, 3.63) is 0 Å². The Hall–Kier alpha value is -1.06. The summed E-state index contributed by atoms with van der Waals surface area (Å²) in [6.07, 6.45) is 15.7. The van der Waals surface area contributed by atoms with E-state index in [1.165, 1.54) is 64.2 Å². The Morgan fingerprint density at radius 3 is 1.80 bits per heavy atom. The molecular weight excluding hydrogens is 250 g/mol. The first kappa shape index (κ1) is 18.9. The first-order valence-electron chi connectivity index (χ1n) is 8.25. The molecule has 0 aromatic carbocycles. The topological polar surface area (TPSA) is 67.5 Å². The van der Waals surface area contributed by atoms with Crippen molar-refractivity contribution in [1.82, 2.24) is 5.43 Å². The molecule has 118 valence electrons. The zero-order valence-electron chi connectivity index (χ0n) is 13.4. The monoisotopic (exact) mass is 283 g/mol. The largest absolute Gasteiger partial charge is 0.350 e. The summed E-state index contributed by atoms with van der Waals surface area (Å²) in [5.74, 6) is 0. The van der Waals surface area contributed by atoms with Gasteiger partial charge in [-0.2, -0.15) is 5.10 Å². The van der Waals surface area contributed by atoms with Gasteiger partial charge in [-0.15, -0.1) is 0 Å². The zero-order valence-corrected chi connectivity index (χ0v) is 13.4. The van der Waals surface area contributed by atoms with E-state index in [0.29, 0.717) is 0 Å². The van der Waals surface area contributed by atoms with Gasteiger partial charge >= 0.3 is 6.03 Å². The number of rotatable bonds is 13. The molecule has 0 radical (unpaired) electrons. The second-order valence-electron chi connectivity index (χ2n) is 5.61. The summed E-state index contributed by atoms with van der Waals surface area (Å²) in [5.41, 5.74) is 8.15. The summed E-state index contributed by atoms with van der Waals surface area (Å²) < 4.78 is 0. The highest BCUT2D eigenvalue weighted by Crippen LogP contribution is 2.12. The summed E-state index contributed by atoms with van der Waals surface area (Å²) >= 11 is 0. The quantitative estimate of drug-likeness (QED) is 0.286. The third-order valence-electron chi connectivity index (χ3n) is 3.50. The Morgan fingerprint density at radius 2 is 1.35 bits per heavy atom.